The van der Waals surface area contributed by atoms with E-state index < -0.39 is 9.84 Å². The van der Waals surface area contributed by atoms with E-state index in [1.54, 1.807) is 12.1 Å². The lowest BCUT2D eigenvalue weighted by atomic mass is 10.1. The number of rotatable bonds is 7. The van der Waals surface area contributed by atoms with Gasteiger partial charge in [0.05, 0.1) is 10.6 Å². The third-order valence-electron chi connectivity index (χ3n) is 3.53. The first kappa shape index (κ1) is 16.5. The van der Waals surface area contributed by atoms with E-state index in [1.807, 2.05) is 54.6 Å². The molecule has 0 radical (unpaired) electrons. The summed E-state index contributed by atoms with van der Waals surface area (Å²) in [6, 6.07) is 17.1. The summed E-state index contributed by atoms with van der Waals surface area (Å²) >= 11 is 0. The van der Waals surface area contributed by atoms with Crippen molar-refractivity contribution in [2.45, 2.75) is 31.1 Å². The molecule has 22 heavy (non-hydrogen) atoms. The normalized spacial score (nSPS) is 11.9. The van der Waals surface area contributed by atoms with Gasteiger partial charge in [0.25, 0.3) is 0 Å². The molecule has 0 fully saturated rings. The fourth-order valence-electron chi connectivity index (χ4n) is 2.30. The van der Waals surface area contributed by atoms with Crippen LogP contribution >= 0.6 is 0 Å². The molecule has 0 aliphatic heterocycles. The molecule has 2 rings (SSSR count). The first-order valence-electron chi connectivity index (χ1n) is 7.68. The Morgan fingerprint density at radius 3 is 2.27 bits per heavy atom. The Bertz CT molecular complexity index is 716. The second-order valence-electron chi connectivity index (χ2n) is 5.31. The molecule has 2 nitrogen and oxygen atoms in total. The zero-order chi connectivity index (χ0) is 15.8. The smallest absolute Gasteiger partial charge is 0.178 e. The molecule has 0 bridgehead atoms. The summed E-state index contributed by atoms with van der Waals surface area (Å²) in [4.78, 5) is 0.429. The minimum absolute atomic E-state index is 0.219. The monoisotopic (exact) mass is 314 g/mol. The number of sulfone groups is 1. The zero-order valence-corrected chi connectivity index (χ0v) is 13.7. The summed E-state index contributed by atoms with van der Waals surface area (Å²) < 4.78 is 25.0. The van der Waals surface area contributed by atoms with E-state index in [4.69, 9.17) is 0 Å². The fraction of sp³-hybridized carbons (Fsp3) is 0.263. The molecule has 2 aromatic rings. The van der Waals surface area contributed by atoms with Crippen LogP contribution in [0.3, 0.4) is 0 Å². The number of hydrogen-bond donors (Lipinski definition) is 0. The third-order valence-corrected chi connectivity index (χ3v) is 5.39. The lowest BCUT2D eigenvalue weighted by Crippen LogP contribution is -2.08. The molecular formula is C19H22O2S. The predicted octanol–water partition coefficient (Wildman–Crippen LogP) is 4.82. The van der Waals surface area contributed by atoms with E-state index in [0.717, 1.165) is 30.4 Å². The first-order chi connectivity index (χ1) is 10.6. The Kier molecular flexibility index (Phi) is 5.96. The Balaban J connectivity index is 2.25. The molecule has 0 aliphatic carbocycles. The lowest BCUT2D eigenvalue weighted by Gasteiger charge is -2.07. The van der Waals surface area contributed by atoms with Crippen molar-refractivity contribution in [1.82, 2.24) is 0 Å². The molecule has 0 spiro atoms. The van der Waals surface area contributed by atoms with Crippen LogP contribution < -0.4 is 0 Å². The van der Waals surface area contributed by atoms with Crippen LogP contribution in [0.25, 0.3) is 12.2 Å². The van der Waals surface area contributed by atoms with E-state index in [2.05, 4.69) is 6.92 Å². The van der Waals surface area contributed by atoms with E-state index in [0.29, 0.717) is 4.90 Å². The highest BCUT2D eigenvalue weighted by molar-refractivity contribution is 7.91. The van der Waals surface area contributed by atoms with Gasteiger partial charge in [0.1, 0.15) is 0 Å². The number of hydrogen-bond acceptors (Lipinski definition) is 2. The molecule has 0 amide bonds. The van der Waals surface area contributed by atoms with Crippen LogP contribution in [0.4, 0.5) is 0 Å². The van der Waals surface area contributed by atoms with Crippen molar-refractivity contribution in [2.24, 2.45) is 0 Å². The van der Waals surface area contributed by atoms with Crippen molar-refractivity contribution in [3.05, 3.63) is 65.7 Å². The Morgan fingerprint density at radius 1 is 0.864 bits per heavy atom. The molecule has 116 valence electrons. The van der Waals surface area contributed by atoms with E-state index >= 15 is 0 Å². The topological polar surface area (TPSA) is 34.1 Å². The van der Waals surface area contributed by atoms with Gasteiger partial charge in [0, 0.05) is 0 Å². The second kappa shape index (κ2) is 7.95. The third kappa shape index (κ3) is 4.57. The van der Waals surface area contributed by atoms with Gasteiger partial charge in [-0.25, -0.2) is 8.42 Å². The lowest BCUT2D eigenvalue weighted by molar-refractivity contribution is 0.591. The van der Waals surface area contributed by atoms with Crippen LogP contribution in [0.5, 0.6) is 0 Å². The van der Waals surface area contributed by atoms with Crippen LogP contribution in [0.1, 0.15) is 37.3 Å². The van der Waals surface area contributed by atoms with E-state index in [-0.39, 0.29) is 5.75 Å². The van der Waals surface area contributed by atoms with Crippen molar-refractivity contribution in [2.75, 3.05) is 5.75 Å². The van der Waals surface area contributed by atoms with Gasteiger partial charge in [0.2, 0.25) is 0 Å². The molecule has 0 aromatic heterocycles. The average Bonchev–Trinajstić information content (AvgIpc) is 2.54. The summed E-state index contributed by atoms with van der Waals surface area (Å²) in [5, 5.41) is 0. The van der Waals surface area contributed by atoms with Crippen LogP contribution in [0.2, 0.25) is 0 Å². The quantitative estimate of drug-likeness (QED) is 0.542. The minimum Gasteiger partial charge on any atom is -0.224 e. The maximum Gasteiger partial charge on any atom is 0.178 e. The maximum atomic E-state index is 12.5. The van der Waals surface area contributed by atoms with Crippen molar-refractivity contribution >= 4 is 22.0 Å². The van der Waals surface area contributed by atoms with Crippen LogP contribution in [0.15, 0.2) is 59.5 Å². The highest BCUT2D eigenvalue weighted by Gasteiger charge is 2.16. The van der Waals surface area contributed by atoms with Gasteiger partial charge >= 0.3 is 0 Å². The van der Waals surface area contributed by atoms with Crippen LogP contribution in [0, 0.1) is 0 Å². The van der Waals surface area contributed by atoms with Crippen LogP contribution in [-0.4, -0.2) is 14.2 Å². The molecule has 0 saturated heterocycles. The van der Waals surface area contributed by atoms with E-state index in [9.17, 15) is 8.42 Å². The first-order valence-corrected chi connectivity index (χ1v) is 9.33. The summed E-state index contributed by atoms with van der Waals surface area (Å²) in [6.07, 6.45) is 6.50. The summed E-state index contributed by atoms with van der Waals surface area (Å²) in [5.74, 6) is 0.219. The molecule has 0 aliphatic rings. The Morgan fingerprint density at radius 2 is 1.55 bits per heavy atom. The van der Waals surface area contributed by atoms with Crippen molar-refractivity contribution in [1.29, 1.82) is 0 Å². The van der Waals surface area contributed by atoms with Crippen LogP contribution in [-0.2, 0) is 9.84 Å². The second-order valence-corrected chi connectivity index (χ2v) is 7.39. The zero-order valence-electron chi connectivity index (χ0n) is 12.9. The maximum absolute atomic E-state index is 12.5. The van der Waals surface area contributed by atoms with Gasteiger partial charge in [-0.1, -0.05) is 80.4 Å². The van der Waals surface area contributed by atoms with Gasteiger partial charge in [-0.2, -0.15) is 0 Å². The SMILES string of the molecule is CCCCCS(=O)(=O)c1ccccc1C=Cc1ccccc1. The molecule has 2 aromatic carbocycles. The van der Waals surface area contributed by atoms with Gasteiger partial charge in [-0.15, -0.1) is 0 Å². The molecule has 0 atom stereocenters. The summed E-state index contributed by atoms with van der Waals surface area (Å²) in [7, 11) is -3.22. The molecule has 0 heterocycles. The molecule has 0 unspecified atom stereocenters. The largest absolute Gasteiger partial charge is 0.224 e. The Labute approximate surface area is 133 Å². The van der Waals surface area contributed by atoms with Gasteiger partial charge in [-0.3, -0.25) is 0 Å². The molecule has 0 saturated carbocycles. The van der Waals surface area contributed by atoms with E-state index in [1.165, 1.54) is 0 Å². The summed E-state index contributed by atoms with van der Waals surface area (Å²) in [6.45, 7) is 2.07. The van der Waals surface area contributed by atoms with Crippen molar-refractivity contribution < 1.29 is 8.42 Å². The predicted molar refractivity (Wildman–Crippen MR) is 93.4 cm³/mol. The van der Waals surface area contributed by atoms with Gasteiger partial charge in [-0.05, 0) is 23.6 Å². The number of unbranched alkanes of at least 4 members (excludes halogenated alkanes) is 2. The molecule has 3 heteroatoms. The average molecular weight is 314 g/mol. The van der Waals surface area contributed by atoms with Crippen molar-refractivity contribution in [3.63, 3.8) is 0 Å². The van der Waals surface area contributed by atoms with Gasteiger partial charge < -0.3 is 0 Å². The number of benzene rings is 2. The minimum atomic E-state index is -3.22. The highest BCUT2D eigenvalue weighted by Crippen LogP contribution is 2.20. The highest BCUT2D eigenvalue weighted by atomic mass is 32.2. The standard InChI is InChI=1S/C19H22O2S/c1-2-3-9-16-22(20,21)19-13-8-7-12-18(19)15-14-17-10-5-4-6-11-17/h4-8,10-15H,2-3,9,16H2,1H3. The fourth-order valence-corrected chi connectivity index (χ4v) is 3.89. The van der Waals surface area contributed by atoms with Gasteiger partial charge in [0.15, 0.2) is 9.84 Å². The molecular weight excluding hydrogens is 292 g/mol. The Hall–Kier alpha value is -1.87. The summed E-state index contributed by atoms with van der Waals surface area (Å²) in [5.41, 5.74) is 1.81. The van der Waals surface area contributed by atoms with Crippen molar-refractivity contribution in [3.8, 4) is 0 Å². The molecule has 0 N–H and O–H groups in total.